The van der Waals surface area contributed by atoms with Gasteiger partial charge in [-0.3, -0.25) is 0 Å². The van der Waals surface area contributed by atoms with E-state index in [-0.39, 0.29) is 0 Å². The molecule has 0 saturated heterocycles. The van der Waals surface area contributed by atoms with Gasteiger partial charge in [0, 0.05) is 0 Å². The van der Waals surface area contributed by atoms with Crippen molar-refractivity contribution in [2.45, 2.75) is 43.8 Å². The lowest BCUT2D eigenvalue weighted by atomic mass is 10.2. The summed E-state index contributed by atoms with van der Waals surface area (Å²) in [7, 11) is -3.31. The molecule has 0 radical (unpaired) electrons. The van der Waals surface area contributed by atoms with Crippen LogP contribution in [-0.2, 0) is 9.84 Å². The molecule has 3 heteroatoms. The number of sulfone groups is 1. The summed E-state index contributed by atoms with van der Waals surface area (Å²) in [5.74, 6) is 0. The van der Waals surface area contributed by atoms with E-state index in [0.29, 0.717) is 11.3 Å². The highest BCUT2D eigenvalue weighted by molar-refractivity contribution is 7.92. The van der Waals surface area contributed by atoms with Crippen molar-refractivity contribution in [1.29, 1.82) is 0 Å². The van der Waals surface area contributed by atoms with Gasteiger partial charge in [0.15, 0.2) is 9.84 Å². The van der Waals surface area contributed by atoms with Crippen molar-refractivity contribution >= 4 is 9.84 Å². The monoisotopic (exact) mass is 278 g/mol. The van der Waals surface area contributed by atoms with Gasteiger partial charge in [-0.2, -0.15) is 0 Å². The average molecular weight is 278 g/mol. The van der Waals surface area contributed by atoms with Gasteiger partial charge in [0.1, 0.15) is 0 Å². The van der Waals surface area contributed by atoms with E-state index in [9.17, 15) is 8.42 Å². The molecule has 0 saturated carbocycles. The van der Waals surface area contributed by atoms with E-state index in [4.69, 9.17) is 0 Å². The Bertz CT molecular complexity index is 547. The molecule has 0 aliphatic rings. The average Bonchev–Trinajstić information content (AvgIpc) is 2.34. The van der Waals surface area contributed by atoms with Crippen LogP contribution in [0, 0.1) is 6.92 Å². The maximum absolute atomic E-state index is 12.5. The summed E-state index contributed by atoms with van der Waals surface area (Å²) in [6.07, 6.45) is 4.92. The molecule has 1 aromatic carbocycles. The Kier molecular flexibility index (Phi) is 5.55. The Labute approximate surface area is 116 Å². The van der Waals surface area contributed by atoms with Crippen molar-refractivity contribution in [3.05, 3.63) is 54.1 Å². The summed E-state index contributed by atoms with van der Waals surface area (Å²) in [5, 5.41) is -0.522. The van der Waals surface area contributed by atoms with Gasteiger partial charge in [0.05, 0.1) is 10.1 Å². The van der Waals surface area contributed by atoms with Gasteiger partial charge < -0.3 is 0 Å². The van der Waals surface area contributed by atoms with Crippen molar-refractivity contribution in [2.24, 2.45) is 0 Å². The molecule has 1 aromatic rings. The summed E-state index contributed by atoms with van der Waals surface area (Å²) in [4.78, 5) is 0.375. The van der Waals surface area contributed by atoms with Crippen LogP contribution in [-0.4, -0.2) is 13.7 Å². The lowest BCUT2D eigenvalue weighted by Gasteiger charge is -2.13. The first-order chi connectivity index (χ1) is 8.87. The van der Waals surface area contributed by atoms with Crippen molar-refractivity contribution < 1.29 is 8.42 Å². The van der Waals surface area contributed by atoms with Crippen LogP contribution in [0.3, 0.4) is 0 Å². The third-order valence-electron chi connectivity index (χ3n) is 3.01. The van der Waals surface area contributed by atoms with Crippen LogP contribution >= 0.6 is 0 Å². The Morgan fingerprint density at radius 1 is 1.26 bits per heavy atom. The van der Waals surface area contributed by atoms with E-state index < -0.39 is 15.1 Å². The van der Waals surface area contributed by atoms with E-state index >= 15 is 0 Å². The van der Waals surface area contributed by atoms with Crippen LogP contribution in [0.5, 0.6) is 0 Å². The smallest absolute Gasteiger partial charge is 0.184 e. The van der Waals surface area contributed by atoms with Gasteiger partial charge in [-0.1, -0.05) is 35.4 Å². The number of aryl methyl sites for hydroxylation is 1. The van der Waals surface area contributed by atoms with Gasteiger partial charge in [0.25, 0.3) is 0 Å². The fraction of sp³-hybridized carbons (Fsp3) is 0.375. The highest BCUT2D eigenvalue weighted by Crippen LogP contribution is 2.21. The van der Waals surface area contributed by atoms with Crippen LogP contribution in [0.25, 0.3) is 0 Å². The van der Waals surface area contributed by atoms with Crippen molar-refractivity contribution in [3.63, 3.8) is 0 Å². The molecule has 0 aromatic heterocycles. The van der Waals surface area contributed by atoms with Gasteiger partial charge in [-0.25, -0.2) is 8.42 Å². The first kappa shape index (κ1) is 15.7. The highest BCUT2D eigenvalue weighted by Gasteiger charge is 2.23. The van der Waals surface area contributed by atoms with E-state index in [1.165, 1.54) is 11.6 Å². The second kappa shape index (κ2) is 6.71. The highest BCUT2D eigenvalue weighted by atomic mass is 32.2. The Hall–Kier alpha value is -1.35. The number of allylic oxidation sites excluding steroid dienone is 2. The van der Waals surface area contributed by atoms with Crippen molar-refractivity contribution in [2.75, 3.05) is 0 Å². The second-order valence-electron chi connectivity index (χ2n) is 4.99. The van der Waals surface area contributed by atoms with E-state index in [1.807, 2.05) is 32.9 Å². The normalized spacial score (nSPS) is 12.8. The minimum Gasteiger partial charge on any atom is -0.223 e. The molecule has 0 aliphatic carbocycles. The summed E-state index contributed by atoms with van der Waals surface area (Å²) in [6.45, 7) is 9.63. The molecule has 1 rings (SSSR count). The minimum atomic E-state index is -3.31. The predicted octanol–water partition coefficient (Wildman–Crippen LogP) is 4.07. The van der Waals surface area contributed by atoms with Crippen LogP contribution in [0.4, 0.5) is 0 Å². The molecule has 0 fully saturated rings. The molecular formula is C16H22O2S. The Morgan fingerprint density at radius 3 is 2.32 bits per heavy atom. The van der Waals surface area contributed by atoms with Crippen molar-refractivity contribution in [1.82, 2.24) is 0 Å². The third kappa shape index (κ3) is 4.35. The molecule has 0 N–H and O–H groups in total. The van der Waals surface area contributed by atoms with Crippen molar-refractivity contribution in [3.8, 4) is 0 Å². The summed E-state index contributed by atoms with van der Waals surface area (Å²) in [6, 6.07) is 6.98. The first-order valence-corrected chi connectivity index (χ1v) is 7.99. The Morgan fingerprint density at radius 2 is 1.84 bits per heavy atom. The van der Waals surface area contributed by atoms with Gasteiger partial charge in [-0.05, 0) is 45.7 Å². The zero-order valence-corrected chi connectivity index (χ0v) is 12.7. The third-order valence-corrected chi connectivity index (χ3v) is 5.17. The van der Waals surface area contributed by atoms with Gasteiger partial charge >= 0.3 is 0 Å². The minimum absolute atomic E-state index is 0.375. The van der Waals surface area contributed by atoms with Crippen LogP contribution in [0.15, 0.2) is 53.5 Å². The molecule has 0 bridgehead atoms. The number of hydrogen-bond donors (Lipinski definition) is 0. The topological polar surface area (TPSA) is 34.1 Å². The largest absolute Gasteiger partial charge is 0.223 e. The lowest BCUT2D eigenvalue weighted by Crippen LogP contribution is -2.19. The van der Waals surface area contributed by atoms with Gasteiger partial charge in [0.2, 0.25) is 0 Å². The lowest BCUT2D eigenvalue weighted by molar-refractivity contribution is 0.584. The zero-order valence-electron chi connectivity index (χ0n) is 11.9. The van der Waals surface area contributed by atoms with Crippen LogP contribution in [0.1, 0.15) is 32.3 Å². The van der Waals surface area contributed by atoms with Gasteiger partial charge in [-0.15, -0.1) is 6.58 Å². The maximum atomic E-state index is 12.5. The maximum Gasteiger partial charge on any atom is 0.184 e. The quantitative estimate of drug-likeness (QED) is 0.735. The second-order valence-corrected chi connectivity index (χ2v) is 7.16. The first-order valence-electron chi connectivity index (χ1n) is 6.44. The molecule has 1 atom stereocenters. The number of rotatable bonds is 6. The molecule has 104 valence electrons. The van der Waals surface area contributed by atoms with Crippen LogP contribution < -0.4 is 0 Å². The zero-order chi connectivity index (χ0) is 14.5. The summed E-state index contributed by atoms with van der Waals surface area (Å²) in [5.41, 5.74) is 2.26. The molecule has 2 nitrogen and oxygen atoms in total. The van der Waals surface area contributed by atoms with E-state index in [0.717, 1.165) is 12.0 Å². The SMILES string of the molecule is C=CC(CCC=C(C)C)S(=O)(=O)c1ccc(C)cc1. The molecule has 1 unspecified atom stereocenters. The predicted molar refractivity (Wildman–Crippen MR) is 81.0 cm³/mol. The summed E-state index contributed by atoms with van der Waals surface area (Å²) >= 11 is 0. The molecule has 0 aliphatic heterocycles. The Balaban J connectivity index is 2.92. The standard InChI is InChI=1S/C16H22O2S/c1-5-15(8-6-7-13(2)3)19(17,18)16-11-9-14(4)10-12-16/h5,7,9-12,15H,1,6,8H2,2-4H3. The van der Waals surface area contributed by atoms with E-state index in [1.54, 1.807) is 12.1 Å². The van der Waals surface area contributed by atoms with Crippen LogP contribution in [0.2, 0.25) is 0 Å². The molecule has 0 spiro atoms. The molecule has 0 amide bonds. The molecule has 19 heavy (non-hydrogen) atoms. The molecular weight excluding hydrogens is 256 g/mol. The molecule has 0 heterocycles. The number of benzene rings is 1. The van der Waals surface area contributed by atoms with E-state index in [2.05, 4.69) is 12.7 Å². The summed E-state index contributed by atoms with van der Waals surface area (Å²) < 4.78 is 24.9. The fourth-order valence-corrected chi connectivity index (χ4v) is 3.40. The fourth-order valence-electron chi connectivity index (χ4n) is 1.84. The number of hydrogen-bond acceptors (Lipinski definition) is 2.